The zero-order valence-electron chi connectivity index (χ0n) is 24.4. The number of rotatable bonds is 8. The molecule has 2 aromatic rings. The van der Waals surface area contributed by atoms with E-state index in [2.05, 4.69) is 41.0 Å². The van der Waals surface area contributed by atoms with Crippen molar-refractivity contribution >= 4 is 28.4 Å². The van der Waals surface area contributed by atoms with Crippen LogP contribution in [0.4, 0.5) is 15.8 Å². The zero-order valence-corrected chi connectivity index (χ0v) is 24.4. The molecular formula is C31H43FN4O5. The van der Waals surface area contributed by atoms with Gasteiger partial charge in [-0.1, -0.05) is 33.6 Å². The monoisotopic (exact) mass is 570 g/mol. The van der Waals surface area contributed by atoms with Gasteiger partial charge in [-0.05, 0) is 115 Å². The van der Waals surface area contributed by atoms with Crippen molar-refractivity contribution in [1.82, 2.24) is 10.3 Å². The minimum Gasteiger partial charge on any atom is -0.458 e. The van der Waals surface area contributed by atoms with E-state index >= 15 is 4.39 Å². The Morgan fingerprint density at radius 2 is 1.80 bits per heavy atom. The second kappa shape index (κ2) is 10.8. The summed E-state index contributed by atoms with van der Waals surface area (Å²) in [5, 5.41) is 21.5. The summed E-state index contributed by atoms with van der Waals surface area (Å²) >= 11 is 0. The Labute approximate surface area is 240 Å². The Hall–Kier alpha value is -2.78. The highest BCUT2D eigenvalue weighted by Crippen LogP contribution is 2.68. The van der Waals surface area contributed by atoms with E-state index in [-0.39, 0.29) is 34.6 Å². The van der Waals surface area contributed by atoms with Crippen LogP contribution in [0.5, 0.6) is 0 Å². The van der Waals surface area contributed by atoms with E-state index in [4.69, 9.17) is 4.74 Å². The highest BCUT2D eigenvalue weighted by Gasteiger charge is 2.62. The lowest BCUT2D eigenvalue weighted by molar-refractivity contribution is -0.383. The predicted octanol–water partition coefficient (Wildman–Crippen LogP) is 7.25. The number of benzene rings is 1. The first-order valence-corrected chi connectivity index (χ1v) is 15.6. The van der Waals surface area contributed by atoms with E-state index < -0.39 is 23.2 Å². The number of nitrogens with zero attached hydrogens (tertiary/aromatic N) is 3. The van der Waals surface area contributed by atoms with Crippen LogP contribution in [-0.4, -0.2) is 40.0 Å². The number of nitrogens with one attached hydrogen (secondary N) is 1. The third kappa shape index (κ3) is 4.69. The molecule has 41 heavy (non-hydrogen) atoms. The fraction of sp³-hybridized carbons (Fsp3) is 0.774. The quantitative estimate of drug-likeness (QED) is 0.200. The highest BCUT2D eigenvalue weighted by atomic mass is 19.1. The summed E-state index contributed by atoms with van der Waals surface area (Å²) in [6.07, 6.45) is 10.6. The van der Waals surface area contributed by atoms with Crippen molar-refractivity contribution in [1.29, 1.82) is 0 Å². The van der Waals surface area contributed by atoms with E-state index in [0.29, 0.717) is 29.4 Å². The van der Waals surface area contributed by atoms with Crippen LogP contribution in [0, 0.1) is 50.5 Å². The molecule has 0 spiro atoms. The predicted molar refractivity (Wildman–Crippen MR) is 152 cm³/mol. The van der Waals surface area contributed by atoms with E-state index in [1.54, 1.807) is 0 Å². The molecule has 1 aromatic carbocycles. The van der Waals surface area contributed by atoms with Gasteiger partial charge in [0.05, 0.1) is 10.6 Å². The summed E-state index contributed by atoms with van der Waals surface area (Å²) < 4.78 is 26.5. The maximum absolute atomic E-state index is 16.2. The fourth-order valence-electron chi connectivity index (χ4n) is 9.93. The largest absolute Gasteiger partial charge is 0.458 e. The van der Waals surface area contributed by atoms with Gasteiger partial charge in [0.15, 0.2) is 5.52 Å². The first-order valence-electron chi connectivity index (χ1n) is 15.6. The molecule has 0 aliphatic heterocycles. The summed E-state index contributed by atoms with van der Waals surface area (Å²) in [5.41, 5.74) is 0.687. The number of halogens is 1. The molecular weight excluding hydrogens is 527 g/mol. The molecule has 0 radical (unpaired) electrons. The van der Waals surface area contributed by atoms with Gasteiger partial charge in [0.2, 0.25) is 5.52 Å². The molecule has 1 N–H and O–H groups in total. The SMILES string of the molecule is CCCCC1CCC2C3CCC4C(F)C(OC(=O)CNc5ccc([N+](=O)[O-])c6nonc56)CCC4(C)C3CCC12C. The van der Waals surface area contributed by atoms with Crippen molar-refractivity contribution in [3.63, 3.8) is 0 Å². The molecule has 4 fully saturated rings. The zero-order chi connectivity index (χ0) is 28.9. The normalized spacial score (nSPS) is 38.1. The van der Waals surface area contributed by atoms with Crippen LogP contribution in [0.2, 0.25) is 0 Å². The van der Waals surface area contributed by atoms with Crippen LogP contribution in [0.25, 0.3) is 11.0 Å². The Bertz CT molecular complexity index is 1300. The van der Waals surface area contributed by atoms with Crippen molar-refractivity contribution < 1.29 is 23.5 Å². The van der Waals surface area contributed by atoms with Crippen LogP contribution in [0.1, 0.15) is 91.4 Å². The second-order valence-corrected chi connectivity index (χ2v) is 13.7. The topological polar surface area (TPSA) is 120 Å². The molecule has 9 unspecified atom stereocenters. The molecule has 10 heteroatoms. The highest BCUT2D eigenvalue weighted by molar-refractivity contribution is 5.94. The Morgan fingerprint density at radius 3 is 2.59 bits per heavy atom. The molecule has 9 atom stereocenters. The molecule has 4 saturated carbocycles. The molecule has 0 amide bonds. The van der Waals surface area contributed by atoms with Crippen LogP contribution in [0.15, 0.2) is 16.8 Å². The Morgan fingerprint density at radius 1 is 1.07 bits per heavy atom. The number of hydrogen-bond donors (Lipinski definition) is 1. The van der Waals surface area contributed by atoms with E-state index in [1.165, 1.54) is 57.1 Å². The van der Waals surface area contributed by atoms with Gasteiger partial charge in [-0.15, -0.1) is 0 Å². The Kier molecular flexibility index (Phi) is 7.47. The van der Waals surface area contributed by atoms with Crippen molar-refractivity contribution in [3.05, 3.63) is 22.2 Å². The van der Waals surface area contributed by atoms with Gasteiger partial charge >= 0.3 is 11.7 Å². The lowest BCUT2D eigenvalue weighted by Crippen LogP contribution is -2.57. The smallest absolute Gasteiger partial charge is 0.325 e. The van der Waals surface area contributed by atoms with Crippen LogP contribution in [0.3, 0.4) is 0 Å². The van der Waals surface area contributed by atoms with Gasteiger partial charge in [0.1, 0.15) is 18.8 Å². The van der Waals surface area contributed by atoms with Crippen LogP contribution in [-0.2, 0) is 9.53 Å². The van der Waals surface area contributed by atoms with Crippen molar-refractivity contribution in [2.24, 2.45) is 40.4 Å². The lowest BCUT2D eigenvalue weighted by atomic mass is 9.44. The molecule has 1 heterocycles. The number of anilines is 1. The van der Waals surface area contributed by atoms with Gasteiger partial charge in [-0.25, -0.2) is 9.02 Å². The first kappa shape index (κ1) is 28.3. The molecule has 4 aliphatic rings. The van der Waals surface area contributed by atoms with Crippen molar-refractivity contribution in [2.45, 2.75) is 104 Å². The molecule has 1 aromatic heterocycles. The van der Waals surface area contributed by atoms with Gasteiger partial charge < -0.3 is 10.1 Å². The summed E-state index contributed by atoms with van der Waals surface area (Å²) in [7, 11) is 0. The van der Waals surface area contributed by atoms with Crippen LogP contribution < -0.4 is 5.32 Å². The maximum atomic E-state index is 16.2. The number of nitro benzene ring substituents is 1. The summed E-state index contributed by atoms with van der Waals surface area (Å²) in [5.74, 6) is 2.23. The molecule has 0 saturated heterocycles. The Balaban J connectivity index is 1.08. The third-order valence-electron chi connectivity index (χ3n) is 12.0. The van der Waals surface area contributed by atoms with Crippen molar-refractivity contribution in [3.8, 4) is 0 Å². The number of carbonyl (C=O) groups is 1. The standard InChI is InChI=1S/C31H43FN4O5/c1-4-5-6-18-7-9-20-19-8-10-22-27(32)25(14-16-31(22,3)21(19)13-15-30(18,20)2)40-26(37)17-33-23-11-12-24(36(38)39)29-28(23)34-41-35-29/h11-12,18-22,25,27,33H,4-10,13-17H2,1-3H3. The summed E-state index contributed by atoms with van der Waals surface area (Å²) in [4.78, 5) is 23.4. The number of ether oxygens (including phenoxy) is 1. The van der Waals surface area contributed by atoms with E-state index in [1.807, 2.05) is 0 Å². The molecule has 4 aliphatic carbocycles. The van der Waals surface area contributed by atoms with E-state index in [0.717, 1.165) is 31.1 Å². The molecule has 9 nitrogen and oxygen atoms in total. The number of hydrogen-bond acceptors (Lipinski definition) is 8. The summed E-state index contributed by atoms with van der Waals surface area (Å²) in [6.45, 7) is 6.98. The van der Waals surface area contributed by atoms with E-state index in [9.17, 15) is 14.9 Å². The number of carbonyl (C=O) groups excluding carboxylic acids is 1. The summed E-state index contributed by atoms with van der Waals surface area (Å²) in [6, 6.07) is 2.73. The second-order valence-electron chi connectivity index (χ2n) is 13.7. The number of nitro groups is 1. The van der Waals surface area contributed by atoms with Gasteiger partial charge in [-0.3, -0.25) is 14.9 Å². The van der Waals surface area contributed by atoms with Gasteiger partial charge in [-0.2, -0.15) is 0 Å². The van der Waals surface area contributed by atoms with Gasteiger partial charge in [0, 0.05) is 6.07 Å². The minimum atomic E-state index is -1.17. The average Bonchev–Trinajstić information content (AvgIpc) is 3.57. The average molecular weight is 571 g/mol. The number of esters is 1. The molecule has 0 bridgehead atoms. The maximum Gasteiger partial charge on any atom is 0.325 e. The number of unbranched alkanes of at least 4 members (excludes halogenated alkanes) is 1. The third-order valence-corrected chi connectivity index (χ3v) is 12.0. The molecule has 6 rings (SSSR count). The lowest BCUT2D eigenvalue weighted by Gasteiger charge is -2.61. The number of aromatic nitrogens is 2. The number of alkyl halides is 1. The minimum absolute atomic E-state index is 0.00327. The first-order chi connectivity index (χ1) is 19.7. The number of fused-ring (bicyclic) bond motifs is 6. The van der Waals surface area contributed by atoms with Gasteiger partial charge in [0.25, 0.3) is 0 Å². The number of non-ortho nitro benzene ring substituents is 1. The van der Waals surface area contributed by atoms with Crippen molar-refractivity contribution in [2.75, 3.05) is 11.9 Å². The fourth-order valence-corrected chi connectivity index (χ4v) is 9.93. The van der Waals surface area contributed by atoms with Crippen LogP contribution >= 0.6 is 0 Å². The molecule has 224 valence electrons.